The summed E-state index contributed by atoms with van der Waals surface area (Å²) in [6.45, 7) is 1.73. The summed E-state index contributed by atoms with van der Waals surface area (Å²) in [5.41, 5.74) is 1.60. The predicted octanol–water partition coefficient (Wildman–Crippen LogP) is 4.22. The Labute approximate surface area is 155 Å². The van der Waals surface area contributed by atoms with Crippen LogP contribution in [0.4, 0.5) is 10.1 Å². The Balaban J connectivity index is 2.04. The van der Waals surface area contributed by atoms with E-state index in [2.05, 4.69) is 4.90 Å². The van der Waals surface area contributed by atoms with E-state index in [1.54, 1.807) is 25.3 Å². The molecule has 0 spiro atoms. The van der Waals surface area contributed by atoms with Crippen molar-refractivity contribution in [3.05, 3.63) is 52.4 Å². The Kier molecular flexibility index (Phi) is 4.48. The Morgan fingerprint density at radius 3 is 2.30 bits per heavy atom. The number of methoxy groups -OCH3 is 2. The number of halogens is 1. The minimum Gasteiger partial charge on any atom is -0.496 e. The van der Waals surface area contributed by atoms with E-state index < -0.39 is 0 Å². The summed E-state index contributed by atoms with van der Waals surface area (Å²) in [5.74, 6) is 1.04. The van der Waals surface area contributed by atoms with E-state index in [1.807, 2.05) is 0 Å². The van der Waals surface area contributed by atoms with Gasteiger partial charge in [-0.05, 0) is 37.1 Å². The van der Waals surface area contributed by atoms with E-state index >= 15 is 0 Å². The monoisotopic (exact) mass is 369 g/mol. The van der Waals surface area contributed by atoms with Gasteiger partial charge in [-0.15, -0.1) is 0 Å². The van der Waals surface area contributed by atoms with Crippen LogP contribution in [0.25, 0.3) is 22.3 Å². The van der Waals surface area contributed by atoms with Gasteiger partial charge in [0.05, 0.1) is 14.2 Å². The first-order valence-electron chi connectivity index (χ1n) is 8.86. The van der Waals surface area contributed by atoms with Gasteiger partial charge in [-0.2, -0.15) is 0 Å². The highest BCUT2D eigenvalue weighted by Gasteiger charge is 2.25. The number of hydrogen-bond donors (Lipinski definition) is 0. The van der Waals surface area contributed by atoms with Crippen molar-refractivity contribution in [1.29, 1.82) is 0 Å². The van der Waals surface area contributed by atoms with Crippen LogP contribution in [0.1, 0.15) is 12.8 Å². The Morgan fingerprint density at radius 1 is 1.00 bits per heavy atom. The van der Waals surface area contributed by atoms with Gasteiger partial charge in [-0.25, -0.2) is 4.39 Å². The Bertz CT molecular complexity index is 1040. The highest BCUT2D eigenvalue weighted by atomic mass is 19.1. The highest BCUT2D eigenvalue weighted by molar-refractivity contribution is 5.98. The minimum absolute atomic E-state index is 0.212. The van der Waals surface area contributed by atoms with Gasteiger partial charge in [0.15, 0.2) is 11.0 Å². The van der Waals surface area contributed by atoms with Crippen molar-refractivity contribution >= 4 is 16.7 Å². The molecule has 0 unspecified atom stereocenters. The standard InChI is InChI=1S/C21H20FNO4/c1-25-17-12-18(26-2)20(23-9-3-4-10-23)21-19(17)15(24)11-16(27-21)13-5-7-14(22)8-6-13/h5-8,11-12H,3-4,9-10H2,1-2H3. The van der Waals surface area contributed by atoms with Gasteiger partial charge in [0.1, 0.15) is 34.2 Å². The summed E-state index contributed by atoms with van der Waals surface area (Å²) in [5, 5.41) is 0.381. The summed E-state index contributed by atoms with van der Waals surface area (Å²) in [4.78, 5) is 15.1. The van der Waals surface area contributed by atoms with E-state index in [0.29, 0.717) is 33.8 Å². The summed E-state index contributed by atoms with van der Waals surface area (Å²) in [6, 6.07) is 9.00. The molecule has 0 bridgehead atoms. The number of fused-ring (bicyclic) bond motifs is 1. The number of nitrogens with zero attached hydrogens (tertiary/aromatic N) is 1. The van der Waals surface area contributed by atoms with Crippen molar-refractivity contribution in [2.45, 2.75) is 12.8 Å². The van der Waals surface area contributed by atoms with Crippen LogP contribution in [-0.2, 0) is 0 Å². The molecule has 1 saturated heterocycles. The molecule has 6 heteroatoms. The molecule has 1 fully saturated rings. The second-order valence-electron chi connectivity index (χ2n) is 6.51. The lowest BCUT2D eigenvalue weighted by Gasteiger charge is -2.23. The van der Waals surface area contributed by atoms with Crippen LogP contribution < -0.4 is 19.8 Å². The maximum absolute atomic E-state index is 13.3. The minimum atomic E-state index is -0.344. The molecule has 1 aromatic heterocycles. The average molecular weight is 369 g/mol. The van der Waals surface area contributed by atoms with Crippen molar-refractivity contribution in [2.75, 3.05) is 32.2 Å². The molecule has 140 valence electrons. The van der Waals surface area contributed by atoms with Crippen LogP contribution in [0.15, 0.2) is 45.6 Å². The number of anilines is 1. The fraction of sp³-hybridized carbons (Fsp3) is 0.286. The van der Waals surface area contributed by atoms with E-state index in [-0.39, 0.29) is 11.2 Å². The third kappa shape index (κ3) is 3.01. The normalized spacial score (nSPS) is 14.0. The lowest BCUT2D eigenvalue weighted by Crippen LogP contribution is -2.19. The van der Waals surface area contributed by atoms with Gasteiger partial charge in [0, 0.05) is 30.8 Å². The molecule has 2 aromatic carbocycles. The third-order valence-corrected chi connectivity index (χ3v) is 4.90. The Morgan fingerprint density at radius 2 is 1.67 bits per heavy atom. The van der Waals surface area contributed by atoms with Gasteiger partial charge in [0.25, 0.3) is 0 Å². The molecular formula is C21H20FNO4. The van der Waals surface area contributed by atoms with Crippen LogP contribution in [0, 0.1) is 5.82 Å². The molecule has 0 radical (unpaired) electrons. The second kappa shape index (κ2) is 6.95. The molecule has 0 atom stereocenters. The molecule has 5 nitrogen and oxygen atoms in total. The zero-order valence-corrected chi connectivity index (χ0v) is 15.3. The molecule has 4 rings (SSSR count). The number of rotatable bonds is 4. The molecule has 2 heterocycles. The molecule has 1 aliphatic heterocycles. The van der Waals surface area contributed by atoms with Gasteiger partial charge >= 0.3 is 0 Å². The maximum atomic E-state index is 13.3. The van der Waals surface area contributed by atoms with Gasteiger partial charge in [-0.3, -0.25) is 4.79 Å². The number of benzene rings is 2. The van der Waals surface area contributed by atoms with Crippen molar-refractivity contribution in [1.82, 2.24) is 0 Å². The van der Waals surface area contributed by atoms with Gasteiger partial charge in [0.2, 0.25) is 0 Å². The molecule has 0 saturated carbocycles. The fourth-order valence-electron chi connectivity index (χ4n) is 3.58. The zero-order valence-electron chi connectivity index (χ0n) is 15.3. The first-order chi connectivity index (χ1) is 13.1. The quantitative estimate of drug-likeness (QED) is 0.689. The van der Waals surface area contributed by atoms with Crippen LogP contribution >= 0.6 is 0 Å². The van der Waals surface area contributed by atoms with E-state index in [9.17, 15) is 9.18 Å². The largest absolute Gasteiger partial charge is 0.496 e. The van der Waals surface area contributed by atoms with Crippen molar-refractivity contribution in [3.63, 3.8) is 0 Å². The van der Waals surface area contributed by atoms with Crippen molar-refractivity contribution in [2.24, 2.45) is 0 Å². The number of hydrogen-bond acceptors (Lipinski definition) is 5. The Hall–Kier alpha value is -3.02. The summed E-state index contributed by atoms with van der Waals surface area (Å²) < 4.78 is 30.4. The molecule has 0 amide bonds. The van der Waals surface area contributed by atoms with Crippen LogP contribution in [-0.4, -0.2) is 27.3 Å². The fourth-order valence-corrected chi connectivity index (χ4v) is 3.58. The van der Waals surface area contributed by atoms with E-state index in [1.165, 1.54) is 25.3 Å². The molecule has 0 aliphatic carbocycles. The van der Waals surface area contributed by atoms with Gasteiger partial charge < -0.3 is 18.8 Å². The first kappa shape index (κ1) is 17.4. The summed E-state index contributed by atoms with van der Waals surface area (Å²) in [7, 11) is 3.10. The smallest absolute Gasteiger partial charge is 0.197 e. The molecule has 0 N–H and O–H groups in total. The van der Waals surface area contributed by atoms with E-state index in [4.69, 9.17) is 13.9 Å². The third-order valence-electron chi connectivity index (χ3n) is 4.90. The summed E-state index contributed by atoms with van der Waals surface area (Å²) in [6.07, 6.45) is 2.14. The maximum Gasteiger partial charge on any atom is 0.197 e. The molecular weight excluding hydrogens is 349 g/mol. The van der Waals surface area contributed by atoms with Crippen LogP contribution in [0.3, 0.4) is 0 Å². The van der Waals surface area contributed by atoms with Crippen molar-refractivity contribution < 1.29 is 18.3 Å². The van der Waals surface area contributed by atoms with Gasteiger partial charge in [-0.1, -0.05) is 0 Å². The first-order valence-corrected chi connectivity index (χ1v) is 8.86. The molecule has 27 heavy (non-hydrogen) atoms. The van der Waals surface area contributed by atoms with E-state index in [0.717, 1.165) is 31.6 Å². The van der Waals surface area contributed by atoms with Crippen molar-refractivity contribution in [3.8, 4) is 22.8 Å². The molecule has 3 aromatic rings. The van der Waals surface area contributed by atoms with Crippen LogP contribution in [0.2, 0.25) is 0 Å². The predicted molar refractivity (Wildman–Crippen MR) is 102 cm³/mol. The lowest BCUT2D eigenvalue weighted by molar-refractivity contribution is 0.396. The highest BCUT2D eigenvalue weighted by Crippen LogP contribution is 2.43. The average Bonchev–Trinajstić information content (AvgIpc) is 3.21. The SMILES string of the molecule is COc1cc(OC)c2c(=O)cc(-c3ccc(F)cc3)oc2c1N1CCCC1. The second-order valence-corrected chi connectivity index (χ2v) is 6.51. The summed E-state index contributed by atoms with van der Waals surface area (Å²) >= 11 is 0. The van der Waals surface area contributed by atoms with Crippen LogP contribution in [0.5, 0.6) is 11.5 Å². The topological polar surface area (TPSA) is 51.9 Å². The molecule has 1 aliphatic rings. The number of ether oxygens (including phenoxy) is 2. The zero-order chi connectivity index (χ0) is 19.0. The lowest BCUT2D eigenvalue weighted by atomic mass is 10.1.